The van der Waals surface area contributed by atoms with E-state index in [1.165, 1.54) is 0 Å². The Hall–Kier alpha value is -2.33. The Kier molecular flexibility index (Phi) is 5.09. The Morgan fingerprint density at radius 2 is 1.80 bits per heavy atom. The van der Waals surface area contributed by atoms with Crippen LogP contribution in [0.1, 0.15) is 33.8 Å². The zero-order valence-electron chi connectivity index (χ0n) is 13.2. The van der Waals surface area contributed by atoms with Gasteiger partial charge in [-0.25, -0.2) is 0 Å². The van der Waals surface area contributed by atoms with E-state index in [4.69, 9.17) is 23.2 Å². The van der Waals surface area contributed by atoms with E-state index in [0.29, 0.717) is 27.6 Å². The van der Waals surface area contributed by atoms with Crippen LogP contribution in [-0.2, 0) is 6.42 Å². The van der Waals surface area contributed by atoms with Crippen LogP contribution in [0.15, 0.2) is 42.5 Å². The lowest BCUT2D eigenvalue weighted by Crippen LogP contribution is -2.31. The monoisotopic (exact) mass is 368 g/mol. The van der Waals surface area contributed by atoms with Crippen molar-refractivity contribution in [3.8, 4) is 12.1 Å². The maximum atomic E-state index is 13.1. The summed E-state index contributed by atoms with van der Waals surface area (Å²) in [5.41, 5.74) is 2.30. The van der Waals surface area contributed by atoms with Gasteiger partial charge in [0.2, 0.25) is 0 Å². The lowest BCUT2D eigenvalue weighted by molar-refractivity contribution is 0.0872. The van der Waals surface area contributed by atoms with Crippen molar-refractivity contribution in [2.24, 2.45) is 11.8 Å². The van der Waals surface area contributed by atoms with E-state index in [-0.39, 0.29) is 5.78 Å². The van der Waals surface area contributed by atoms with Crippen LogP contribution in [0, 0.1) is 34.5 Å². The zero-order chi connectivity index (χ0) is 18.0. The standard InChI is InChI=1S/C20H14Cl2N2O/c21-14-6-8-16(18(22)9-14)19(13(10-23)11-24)17-7-5-12-3-1-2-4-15(12)20(17)25/h1-4,6,8-9,13,17,19H,5,7H2. The number of halogens is 2. The van der Waals surface area contributed by atoms with E-state index in [9.17, 15) is 15.3 Å². The second-order valence-corrected chi connectivity index (χ2v) is 6.94. The molecule has 1 aliphatic carbocycles. The first-order valence-electron chi connectivity index (χ1n) is 7.93. The second-order valence-electron chi connectivity index (χ2n) is 6.09. The highest BCUT2D eigenvalue weighted by atomic mass is 35.5. The van der Waals surface area contributed by atoms with Crippen molar-refractivity contribution in [2.45, 2.75) is 18.8 Å². The quantitative estimate of drug-likeness (QED) is 0.748. The van der Waals surface area contributed by atoms with Gasteiger partial charge in [-0.05, 0) is 36.1 Å². The molecule has 0 heterocycles. The highest BCUT2D eigenvalue weighted by molar-refractivity contribution is 6.35. The predicted octanol–water partition coefficient (Wildman–Crippen LogP) is 5.19. The molecule has 0 amide bonds. The van der Waals surface area contributed by atoms with E-state index in [1.807, 2.05) is 30.3 Å². The van der Waals surface area contributed by atoms with Gasteiger partial charge in [-0.1, -0.05) is 53.5 Å². The van der Waals surface area contributed by atoms with Crippen molar-refractivity contribution in [1.82, 2.24) is 0 Å². The van der Waals surface area contributed by atoms with Crippen LogP contribution in [0.2, 0.25) is 10.0 Å². The number of aryl methyl sites for hydroxylation is 1. The van der Waals surface area contributed by atoms with E-state index >= 15 is 0 Å². The van der Waals surface area contributed by atoms with Crippen molar-refractivity contribution in [2.75, 3.05) is 0 Å². The Bertz CT molecular complexity index is 897. The molecule has 3 nitrogen and oxygen atoms in total. The largest absolute Gasteiger partial charge is 0.294 e. The summed E-state index contributed by atoms with van der Waals surface area (Å²) in [4.78, 5) is 13.1. The van der Waals surface area contributed by atoms with E-state index < -0.39 is 17.8 Å². The third kappa shape index (κ3) is 3.27. The average Bonchev–Trinajstić information content (AvgIpc) is 2.62. The molecule has 2 aromatic carbocycles. The summed E-state index contributed by atoms with van der Waals surface area (Å²) in [5.74, 6) is -2.04. The topological polar surface area (TPSA) is 64.7 Å². The van der Waals surface area contributed by atoms with Crippen molar-refractivity contribution < 1.29 is 4.79 Å². The first kappa shape index (κ1) is 17.5. The number of rotatable bonds is 3. The molecule has 0 fully saturated rings. The molecule has 124 valence electrons. The molecule has 0 radical (unpaired) electrons. The first-order valence-corrected chi connectivity index (χ1v) is 8.68. The van der Waals surface area contributed by atoms with E-state index in [0.717, 1.165) is 12.0 Å². The molecule has 2 aromatic rings. The van der Waals surface area contributed by atoms with Gasteiger partial charge in [-0.2, -0.15) is 10.5 Å². The number of nitrogens with zero attached hydrogens (tertiary/aromatic N) is 2. The first-order chi connectivity index (χ1) is 12.1. The summed E-state index contributed by atoms with van der Waals surface area (Å²) < 4.78 is 0. The minimum Gasteiger partial charge on any atom is -0.294 e. The Morgan fingerprint density at radius 1 is 1.08 bits per heavy atom. The lowest BCUT2D eigenvalue weighted by atomic mass is 9.69. The maximum Gasteiger partial charge on any atom is 0.166 e. The minimum absolute atomic E-state index is 0.0339. The molecule has 2 atom stereocenters. The second kappa shape index (κ2) is 7.28. The van der Waals surface area contributed by atoms with Crippen LogP contribution in [0.25, 0.3) is 0 Å². The number of hydrogen-bond acceptors (Lipinski definition) is 3. The highest BCUT2D eigenvalue weighted by Crippen LogP contribution is 2.42. The number of fused-ring (bicyclic) bond motifs is 1. The molecule has 3 rings (SSSR count). The van der Waals surface area contributed by atoms with Gasteiger partial charge in [-0.15, -0.1) is 0 Å². The molecular formula is C20H14Cl2N2O. The molecule has 0 N–H and O–H groups in total. The third-order valence-corrected chi connectivity index (χ3v) is 5.30. The van der Waals surface area contributed by atoms with Crippen molar-refractivity contribution >= 4 is 29.0 Å². The third-order valence-electron chi connectivity index (χ3n) is 4.74. The van der Waals surface area contributed by atoms with Crippen molar-refractivity contribution in [1.29, 1.82) is 10.5 Å². The van der Waals surface area contributed by atoms with E-state index in [1.54, 1.807) is 24.3 Å². The van der Waals surface area contributed by atoms with Gasteiger partial charge < -0.3 is 0 Å². The number of carbonyl (C=O) groups is 1. The number of hydrogen-bond donors (Lipinski definition) is 0. The Morgan fingerprint density at radius 3 is 2.48 bits per heavy atom. The molecule has 0 saturated heterocycles. The van der Waals surface area contributed by atoms with Gasteiger partial charge in [0.25, 0.3) is 0 Å². The lowest BCUT2D eigenvalue weighted by Gasteiger charge is -2.31. The van der Waals surface area contributed by atoms with Crippen LogP contribution >= 0.6 is 23.2 Å². The van der Waals surface area contributed by atoms with Gasteiger partial charge >= 0.3 is 0 Å². The van der Waals surface area contributed by atoms with Crippen LogP contribution in [0.4, 0.5) is 0 Å². The Balaban J connectivity index is 2.09. The molecule has 5 heteroatoms. The molecular weight excluding hydrogens is 355 g/mol. The number of Topliss-reactive ketones (excluding diaryl/α,β-unsaturated/α-hetero) is 1. The van der Waals surface area contributed by atoms with E-state index in [2.05, 4.69) is 0 Å². The van der Waals surface area contributed by atoms with Crippen LogP contribution in [-0.4, -0.2) is 5.78 Å². The number of nitriles is 2. The zero-order valence-corrected chi connectivity index (χ0v) is 14.8. The van der Waals surface area contributed by atoms with Crippen molar-refractivity contribution in [3.05, 3.63) is 69.2 Å². The summed E-state index contributed by atoms with van der Waals surface area (Å²) in [6.07, 6.45) is 1.32. The fraction of sp³-hybridized carbons (Fsp3) is 0.250. The smallest absolute Gasteiger partial charge is 0.166 e. The van der Waals surface area contributed by atoms with Gasteiger partial charge in [0, 0.05) is 27.4 Å². The molecule has 0 spiro atoms. The maximum absolute atomic E-state index is 13.1. The highest BCUT2D eigenvalue weighted by Gasteiger charge is 2.39. The molecule has 1 aliphatic rings. The summed E-state index contributed by atoms with van der Waals surface area (Å²) >= 11 is 12.3. The summed E-state index contributed by atoms with van der Waals surface area (Å²) in [6.45, 7) is 0. The van der Waals surface area contributed by atoms with Gasteiger partial charge in [0.15, 0.2) is 5.78 Å². The van der Waals surface area contributed by atoms with Gasteiger partial charge in [0.05, 0.1) is 12.1 Å². The predicted molar refractivity (Wildman–Crippen MR) is 96.5 cm³/mol. The van der Waals surface area contributed by atoms with Crippen molar-refractivity contribution in [3.63, 3.8) is 0 Å². The molecule has 0 saturated carbocycles. The molecule has 0 bridgehead atoms. The molecule has 0 aromatic heterocycles. The molecule has 2 unspecified atom stereocenters. The van der Waals surface area contributed by atoms with Gasteiger partial charge in [-0.3, -0.25) is 4.79 Å². The van der Waals surface area contributed by atoms with Gasteiger partial charge in [0.1, 0.15) is 5.92 Å². The summed E-state index contributed by atoms with van der Waals surface area (Å²) in [7, 11) is 0. The number of benzene rings is 2. The SMILES string of the molecule is N#CC(C#N)C(c1ccc(Cl)cc1Cl)C1CCc2ccccc2C1=O. The van der Waals surface area contributed by atoms with Crippen LogP contribution in [0.5, 0.6) is 0 Å². The minimum atomic E-state index is -0.960. The number of carbonyl (C=O) groups excluding carboxylic acids is 1. The molecule has 25 heavy (non-hydrogen) atoms. The normalized spacial score (nSPS) is 17.5. The fourth-order valence-corrected chi connectivity index (χ4v) is 4.09. The van der Waals surface area contributed by atoms with Crippen LogP contribution < -0.4 is 0 Å². The van der Waals surface area contributed by atoms with Crippen LogP contribution in [0.3, 0.4) is 0 Å². The number of ketones is 1. The summed E-state index contributed by atoms with van der Waals surface area (Å²) in [5, 5.41) is 19.8. The summed E-state index contributed by atoms with van der Waals surface area (Å²) in [6, 6.07) is 16.5. The average molecular weight is 369 g/mol. The Labute approximate surface area is 156 Å². The fourth-order valence-electron chi connectivity index (χ4n) is 3.55. The molecule has 0 aliphatic heterocycles.